The van der Waals surface area contributed by atoms with Crippen molar-refractivity contribution >= 4 is 11.6 Å². The van der Waals surface area contributed by atoms with Crippen LogP contribution in [0.4, 0.5) is 0 Å². The zero-order valence-electron chi connectivity index (χ0n) is 8.10. The maximum atomic E-state index is 8.74. The number of hydrogen-bond donors (Lipinski definition) is 1. The summed E-state index contributed by atoms with van der Waals surface area (Å²) in [6.45, 7) is 4.38. The van der Waals surface area contributed by atoms with E-state index in [4.69, 9.17) is 16.7 Å². The minimum absolute atomic E-state index is 0.226. The van der Waals surface area contributed by atoms with Crippen LogP contribution in [-0.4, -0.2) is 11.7 Å². The molecule has 0 amide bonds. The van der Waals surface area contributed by atoms with Crippen LogP contribution in [0.2, 0.25) is 5.02 Å². The molecule has 72 valence electrons. The van der Waals surface area contributed by atoms with Crippen LogP contribution in [0.25, 0.3) is 0 Å². The summed E-state index contributed by atoms with van der Waals surface area (Å²) in [5.41, 5.74) is 3.69. The predicted octanol–water partition coefficient (Wildman–Crippen LogP) is 2.88. The normalized spacial score (nSPS) is 10.5. The van der Waals surface area contributed by atoms with E-state index in [2.05, 4.69) is 13.8 Å². The van der Waals surface area contributed by atoms with Gasteiger partial charge in [-0.1, -0.05) is 17.7 Å². The first-order chi connectivity index (χ1) is 6.16. The molecule has 0 aliphatic rings. The number of aliphatic hydroxyl groups excluding tert-OH is 1. The van der Waals surface area contributed by atoms with Crippen molar-refractivity contribution in [1.82, 2.24) is 0 Å². The number of benzene rings is 1. The first-order valence-corrected chi connectivity index (χ1v) is 4.90. The Bertz CT molecular complexity index is 294. The molecule has 1 rings (SSSR count). The average Bonchev–Trinajstić information content (AvgIpc) is 2.12. The fourth-order valence-corrected chi connectivity index (χ4v) is 1.70. The summed E-state index contributed by atoms with van der Waals surface area (Å²) in [6, 6.07) is 3.96. The highest BCUT2D eigenvalue weighted by Gasteiger charge is 2.05. The molecule has 1 N–H and O–H groups in total. The molecule has 0 atom stereocenters. The van der Waals surface area contributed by atoms with Crippen LogP contribution in [0.1, 0.15) is 23.1 Å². The van der Waals surface area contributed by atoms with E-state index in [1.165, 1.54) is 16.7 Å². The van der Waals surface area contributed by atoms with Crippen LogP contribution in [0, 0.1) is 13.8 Å². The van der Waals surface area contributed by atoms with Crippen LogP contribution in [0.15, 0.2) is 12.1 Å². The lowest BCUT2D eigenvalue weighted by molar-refractivity contribution is 0.288. The molecular formula is C11H15ClO. The predicted molar refractivity (Wildman–Crippen MR) is 56.3 cm³/mol. The second kappa shape index (κ2) is 4.64. The zero-order valence-corrected chi connectivity index (χ0v) is 8.86. The average molecular weight is 199 g/mol. The van der Waals surface area contributed by atoms with Gasteiger partial charge in [-0.15, -0.1) is 0 Å². The minimum atomic E-state index is 0.226. The summed E-state index contributed by atoms with van der Waals surface area (Å²) in [5.74, 6) is 0. The molecule has 0 spiro atoms. The molecule has 0 fully saturated rings. The highest BCUT2D eigenvalue weighted by atomic mass is 35.5. The van der Waals surface area contributed by atoms with E-state index in [0.717, 1.165) is 17.9 Å². The van der Waals surface area contributed by atoms with Gasteiger partial charge in [-0.05, 0) is 49.4 Å². The number of rotatable bonds is 3. The van der Waals surface area contributed by atoms with Crippen molar-refractivity contribution in [3.05, 3.63) is 33.8 Å². The quantitative estimate of drug-likeness (QED) is 0.792. The zero-order chi connectivity index (χ0) is 9.84. The smallest absolute Gasteiger partial charge is 0.0440 e. The molecule has 13 heavy (non-hydrogen) atoms. The van der Waals surface area contributed by atoms with Crippen molar-refractivity contribution < 1.29 is 5.11 Å². The Labute approximate surface area is 84.4 Å². The third-order valence-electron chi connectivity index (χ3n) is 2.40. The van der Waals surface area contributed by atoms with Crippen LogP contribution in [0.5, 0.6) is 0 Å². The number of aryl methyl sites for hydroxylation is 1. The van der Waals surface area contributed by atoms with E-state index in [0.29, 0.717) is 0 Å². The van der Waals surface area contributed by atoms with Gasteiger partial charge < -0.3 is 5.11 Å². The number of halogens is 1. The maximum absolute atomic E-state index is 8.74. The molecule has 0 aliphatic carbocycles. The Balaban J connectivity index is 2.96. The molecule has 2 heteroatoms. The van der Waals surface area contributed by atoms with Gasteiger partial charge in [0.05, 0.1) is 0 Å². The maximum Gasteiger partial charge on any atom is 0.0440 e. The van der Waals surface area contributed by atoms with Gasteiger partial charge in [0.2, 0.25) is 0 Å². The van der Waals surface area contributed by atoms with Crippen molar-refractivity contribution in [3.63, 3.8) is 0 Å². The topological polar surface area (TPSA) is 20.2 Å². The van der Waals surface area contributed by atoms with Crippen molar-refractivity contribution in [2.24, 2.45) is 0 Å². The summed E-state index contributed by atoms with van der Waals surface area (Å²) < 4.78 is 0. The second-order valence-corrected chi connectivity index (χ2v) is 3.70. The van der Waals surface area contributed by atoms with Crippen molar-refractivity contribution in [3.8, 4) is 0 Å². The number of aliphatic hydroxyl groups is 1. The van der Waals surface area contributed by atoms with E-state index >= 15 is 0 Å². The molecule has 0 radical (unpaired) electrons. The van der Waals surface area contributed by atoms with Gasteiger partial charge in [-0.25, -0.2) is 0 Å². The minimum Gasteiger partial charge on any atom is -0.396 e. The van der Waals surface area contributed by atoms with E-state index in [1.807, 2.05) is 12.1 Å². The molecule has 0 unspecified atom stereocenters. The summed E-state index contributed by atoms with van der Waals surface area (Å²) in [7, 11) is 0. The summed E-state index contributed by atoms with van der Waals surface area (Å²) in [5, 5.41) is 9.55. The van der Waals surface area contributed by atoms with E-state index in [1.54, 1.807) is 0 Å². The van der Waals surface area contributed by atoms with Gasteiger partial charge in [0, 0.05) is 11.6 Å². The molecule has 0 saturated carbocycles. The second-order valence-electron chi connectivity index (χ2n) is 3.29. The van der Waals surface area contributed by atoms with Crippen molar-refractivity contribution in [2.45, 2.75) is 26.7 Å². The highest BCUT2D eigenvalue weighted by Crippen LogP contribution is 2.23. The Kier molecular flexibility index (Phi) is 3.76. The standard InChI is InChI=1S/C11H15ClO/c1-8-5-6-11(12)10(9(8)2)4-3-7-13/h5-6,13H,3-4,7H2,1-2H3. The van der Waals surface area contributed by atoms with Gasteiger partial charge in [-0.2, -0.15) is 0 Å². The lowest BCUT2D eigenvalue weighted by atomic mass is 10.00. The first kappa shape index (κ1) is 10.6. The van der Waals surface area contributed by atoms with Gasteiger partial charge in [-0.3, -0.25) is 0 Å². The molecule has 0 heterocycles. The lowest BCUT2D eigenvalue weighted by Gasteiger charge is -2.09. The molecule has 0 bridgehead atoms. The molecular weight excluding hydrogens is 184 g/mol. The van der Waals surface area contributed by atoms with E-state index in [9.17, 15) is 0 Å². The molecule has 0 aromatic heterocycles. The fourth-order valence-electron chi connectivity index (χ4n) is 1.40. The SMILES string of the molecule is Cc1ccc(Cl)c(CCCO)c1C. The molecule has 0 saturated heterocycles. The Hall–Kier alpha value is -0.530. The van der Waals surface area contributed by atoms with Gasteiger partial charge in [0.15, 0.2) is 0 Å². The summed E-state index contributed by atoms with van der Waals surface area (Å²) >= 11 is 6.06. The van der Waals surface area contributed by atoms with Crippen LogP contribution >= 0.6 is 11.6 Å². The van der Waals surface area contributed by atoms with E-state index < -0.39 is 0 Å². The first-order valence-electron chi connectivity index (χ1n) is 4.52. The van der Waals surface area contributed by atoms with Gasteiger partial charge in [0.1, 0.15) is 0 Å². The van der Waals surface area contributed by atoms with Gasteiger partial charge in [0.25, 0.3) is 0 Å². The van der Waals surface area contributed by atoms with Gasteiger partial charge >= 0.3 is 0 Å². The van der Waals surface area contributed by atoms with Crippen LogP contribution < -0.4 is 0 Å². The Morgan fingerprint density at radius 3 is 2.62 bits per heavy atom. The van der Waals surface area contributed by atoms with E-state index in [-0.39, 0.29) is 6.61 Å². The van der Waals surface area contributed by atoms with Crippen LogP contribution in [0.3, 0.4) is 0 Å². The van der Waals surface area contributed by atoms with Crippen LogP contribution in [-0.2, 0) is 6.42 Å². The Morgan fingerprint density at radius 2 is 2.00 bits per heavy atom. The molecule has 1 aromatic rings. The largest absolute Gasteiger partial charge is 0.396 e. The summed E-state index contributed by atoms with van der Waals surface area (Å²) in [6.07, 6.45) is 1.65. The van der Waals surface area contributed by atoms with Crippen molar-refractivity contribution in [2.75, 3.05) is 6.61 Å². The molecule has 0 aliphatic heterocycles. The molecule has 1 aromatic carbocycles. The third-order valence-corrected chi connectivity index (χ3v) is 2.75. The highest BCUT2D eigenvalue weighted by molar-refractivity contribution is 6.31. The Morgan fingerprint density at radius 1 is 1.31 bits per heavy atom. The van der Waals surface area contributed by atoms with Crippen molar-refractivity contribution in [1.29, 1.82) is 0 Å². The fraction of sp³-hybridized carbons (Fsp3) is 0.455. The monoisotopic (exact) mass is 198 g/mol. The number of hydrogen-bond acceptors (Lipinski definition) is 1. The molecule has 1 nitrogen and oxygen atoms in total. The third kappa shape index (κ3) is 2.45. The summed E-state index contributed by atoms with van der Waals surface area (Å²) in [4.78, 5) is 0. The lowest BCUT2D eigenvalue weighted by Crippen LogP contribution is -1.96.